The van der Waals surface area contributed by atoms with Gasteiger partial charge in [0.2, 0.25) is 0 Å². The van der Waals surface area contributed by atoms with Gasteiger partial charge in [0.1, 0.15) is 0 Å². The number of carbonyl (C=O) groups is 1. The molecule has 3 nitrogen and oxygen atoms in total. The number of hydrogen-bond donors (Lipinski definition) is 1. The van der Waals surface area contributed by atoms with E-state index in [1.54, 1.807) is 6.92 Å². The predicted octanol–water partition coefficient (Wildman–Crippen LogP) is 2.52. The van der Waals surface area contributed by atoms with Crippen LogP contribution in [-0.2, 0) is 6.42 Å². The van der Waals surface area contributed by atoms with Gasteiger partial charge in [0.15, 0.2) is 5.78 Å². The summed E-state index contributed by atoms with van der Waals surface area (Å²) in [5.74, 6) is 0.135. The first-order chi connectivity index (χ1) is 9.02. The molecule has 0 aliphatic carbocycles. The van der Waals surface area contributed by atoms with E-state index in [1.807, 2.05) is 36.2 Å². The first kappa shape index (κ1) is 15.9. The highest BCUT2D eigenvalue weighted by atomic mass is 16.3. The second kappa shape index (κ2) is 8.08. The van der Waals surface area contributed by atoms with Gasteiger partial charge in [-0.2, -0.15) is 0 Å². The third-order valence-corrected chi connectivity index (χ3v) is 3.16. The summed E-state index contributed by atoms with van der Waals surface area (Å²) in [7, 11) is 1.91. The zero-order valence-electron chi connectivity index (χ0n) is 12.2. The maximum Gasteiger partial charge on any atom is 0.176 e. The van der Waals surface area contributed by atoms with Crippen LogP contribution in [0.5, 0.6) is 0 Å². The van der Waals surface area contributed by atoms with Gasteiger partial charge in [0.25, 0.3) is 0 Å². The summed E-state index contributed by atoms with van der Waals surface area (Å²) in [6.45, 7) is 5.05. The summed E-state index contributed by atoms with van der Waals surface area (Å²) in [6, 6.07) is 7.89. The van der Waals surface area contributed by atoms with Crippen LogP contribution in [0.4, 0.5) is 0 Å². The van der Waals surface area contributed by atoms with Crippen molar-refractivity contribution in [1.82, 2.24) is 4.90 Å². The smallest absolute Gasteiger partial charge is 0.176 e. The van der Waals surface area contributed by atoms with E-state index >= 15 is 0 Å². The molecule has 0 spiro atoms. The summed E-state index contributed by atoms with van der Waals surface area (Å²) >= 11 is 0. The second-order valence-electron chi connectivity index (χ2n) is 5.25. The van der Waals surface area contributed by atoms with Crippen molar-refractivity contribution in [2.75, 3.05) is 20.1 Å². The number of Topliss-reactive ketones (excluding diaryl/α,β-unsaturated/α-hetero) is 1. The molecule has 0 aliphatic heterocycles. The molecule has 1 aromatic rings. The van der Waals surface area contributed by atoms with Crippen LogP contribution < -0.4 is 0 Å². The number of nitrogens with zero attached hydrogens (tertiary/aromatic N) is 1. The maximum atomic E-state index is 12.1. The summed E-state index contributed by atoms with van der Waals surface area (Å²) in [5.41, 5.74) is 2.05. The van der Waals surface area contributed by atoms with E-state index < -0.39 is 0 Å². The number of likely N-dealkylation sites (N-methyl/N-ethyl adjacent to an activating group) is 1. The molecule has 0 saturated heterocycles. The lowest BCUT2D eigenvalue weighted by Crippen LogP contribution is -2.28. The number of aryl methyl sites for hydroxylation is 1. The average Bonchev–Trinajstić information content (AvgIpc) is 2.37. The molecule has 106 valence electrons. The zero-order chi connectivity index (χ0) is 14.3. The van der Waals surface area contributed by atoms with E-state index in [0.717, 1.165) is 24.9 Å². The molecule has 0 heterocycles. The Hall–Kier alpha value is -1.19. The highest BCUT2D eigenvalue weighted by Crippen LogP contribution is 2.08. The van der Waals surface area contributed by atoms with Crippen LogP contribution in [0.25, 0.3) is 0 Å². The minimum absolute atomic E-state index is 0.135. The summed E-state index contributed by atoms with van der Waals surface area (Å²) in [4.78, 5) is 14.0. The van der Waals surface area contributed by atoms with Crippen LogP contribution in [0, 0.1) is 0 Å². The van der Waals surface area contributed by atoms with Gasteiger partial charge in [-0.15, -0.1) is 0 Å². The molecule has 0 bridgehead atoms. The van der Waals surface area contributed by atoms with Crippen LogP contribution in [0.3, 0.4) is 0 Å². The Labute approximate surface area is 116 Å². The van der Waals surface area contributed by atoms with Crippen LogP contribution in [-0.4, -0.2) is 42.0 Å². The highest BCUT2D eigenvalue weighted by Gasteiger charge is 2.09. The molecule has 0 aliphatic rings. The highest BCUT2D eigenvalue weighted by molar-refractivity contribution is 5.97. The first-order valence-electron chi connectivity index (χ1n) is 7.01. The molecular weight excluding hydrogens is 238 g/mol. The SMILES string of the molecule is CCCc1ccc(C(=O)CN(C)CCC(C)O)cc1. The van der Waals surface area contributed by atoms with Crippen LogP contribution >= 0.6 is 0 Å². The monoisotopic (exact) mass is 263 g/mol. The minimum Gasteiger partial charge on any atom is -0.393 e. The summed E-state index contributed by atoms with van der Waals surface area (Å²) in [6.07, 6.45) is 2.56. The Morgan fingerprint density at radius 3 is 2.47 bits per heavy atom. The van der Waals surface area contributed by atoms with Crippen molar-refractivity contribution in [2.24, 2.45) is 0 Å². The van der Waals surface area contributed by atoms with Crippen molar-refractivity contribution >= 4 is 5.78 Å². The van der Waals surface area contributed by atoms with Gasteiger partial charge < -0.3 is 5.11 Å². The van der Waals surface area contributed by atoms with Crippen molar-refractivity contribution in [3.8, 4) is 0 Å². The molecule has 0 aromatic heterocycles. The molecule has 19 heavy (non-hydrogen) atoms. The average molecular weight is 263 g/mol. The van der Waals surface area contributed by atoms with E-state index in [9.17, 15) is 9.90 Å². The third-order valence-electron chi connectivity index (χ3n) is 3.16. The number of aliphatic hydroxyl groups is 1. The third kappa shape index (κ3) is 5.99. The number of ketones is 1. The standard InChI is InChI=1S/C16H25NO2/c1-4-5-14-6-8-15(9-7-14)16(19)12-17(3)11-10-13(2)18/h6-9,13,18H,4-5,10-12H2,1-3H3. The van der Waals surface area contributed by atoms with Crippen LogP contribution in [0.2, 0.25) is 0 Å². The lowest BCUT2D eigenvalue weighted by atomic mass is 10.1. The maximum absolute atomic E-state index is 12.1. The molecule has 3 heteroatoms. The van der Waals surface area contributed by atoms with Crippen molar-refractivity contribution < 1.29 is 9.90 Å². The molecule has 0 radical (unpaired) electrons. The zero-order valence-corrected chi connectivity index (χ0v) is 12.2. The number of carbonyl (C=O) groups excluding carboxylic acids is 1. The largest absolute Gasteiger partial charge is 0.393 e. The Bertz CT molecular complexity index is 384. The van der Waals surface area contributed by atoms with Crippen molar-refractivity contribution in [3.05, 3.63) is 35.4 Å². The molecular formula is C16H25NO2. The first-order valence-corrected chi connectivity index (χ1v) is 7.01. The fraction of sp³-hybridized carbons (Fsp3) is 0.562. The van der Waals surface area contributed by atoms with Crippen molar-refractivity contribution in [3.63, 3.8) is 0 Å². The molecule has 1 aromatic carbocycles. The van der Waals surface area contributed by atoms with Crippen LogP contribution in [0.1, 0.15) is 42.6 Å². The van der Waals surface area contributed by atoms with Gasteiger partial charge in [-0.05, 0) is 32.4 Å². The van der Waals surface area contributed by atoms with E-state index in [-0.39, 0.29) is 11.9 Å². The number of hydrogen-bond acceptors (Lipinski definition) is 3. The Morgan fingerprint density at radius 1 is 1.32 bits per heavy atom. The minimum atomic E-state index is -0.314. The summed E-state index contributed by atoms with van der Waals surface area (Å²) in [5, 5.41) is 9.22. The molecule has 1 unspecified atom stereocenters. The Kier molecular flexibility index (Phi) is 6.74. The van der Waals surface area contributed by atoms with Crippen molar-refractivity contribution in [1.29, 1.82) is 0 Å². The number of aliphatic hydroxyl groups excluding tert-OH is 1. The molecule has 1 atom stereocenters. The fourth-order valence-electron chi connectivity index (χ4n) is 1.97. The van der Waals surface area contributed by atoms with E-state index in [0.29, 0.717) is 13.0 Å². The van der Waals surface area contributed by atoms with Gasteiger partial charge in [-0.1, -0.05) is 37.6 Å². The van der Waals surface area contributed by atoms with Gasteiger partial charge >= 0.3 is 0 Å². The Balaban J connectivity index is 2.48. The molecule has 0 saturated carbocycles. The van der Waals surface area contributed by atoms with E-state index in [1.165, 1.54) is 5.56 Å². The summed E-state index contributed by atoms with van der Waals surface area (Å²) < 4.78 is 0. The predicted molar refractivity (Wildman–Crippen MR) is 78.6 cm³/mol. The molecule has 1 rings (SSSR count). The quantitative estimate of drug-likeness (QED) is 0.733. The lowest BCUT2D eigenvalue weighted by Gasteiger charge is -2.16. The van der Waals surface area contributed by atoms with Gasteiger partial charge in [0, 0.05) is 12.1 Å². The molecule has 0 fully saturated rings. The number of rotatable bonds is 8. The van der Waals surface area contributed by atoms with E-state index in [4.69, 9.17) is 0 Å². The molecule has 1 N–H and O–H groups in total. The normalized spacial score (nSPS) is 12.7. The lowest BCUT2D eigenvalue weighted by molar-refractivity contribution is 0.0931. The van der Waals surface area contributed by atoms with Crippen molar-refractivity contribution in [2.45, 2.75) is 39.2 Å². The fourth-order valence-corrected chi connectivity index (χ4v) is 1.97. The number of benzene rings is 1. The Morgan fingerprint density at radius 2 is 1.95 bits per heavy atom. The second-order valence-corrected chi connectivity index (χ2v) is 5.25. The molecule has 0 amide bonds. The topological polar surface area (TPSA) is 40.5 Å². The van der Waals surface area contributed by atoms with E-state index in [2.05, 4.69) is 6.92 Å². The van der Waals surface area contributed by atoms with Gasteiger partial charge in [-0.25, -0.2) is 0 Å². The van der Waals surface area contributed by atoms with Gasteiger partial charge in [0.05, 0.1) is 12.6 Å². The van der Waals surface area contributed by atoms with Crippen LogP contribution in [0.15, 0.2) is 24.3 Å². The van der Waals surface area contributed by atoms with Gasteiger partial charge in [-0.3, -0.25) is 9.69 Å².